The molecule has 8 nitrogen and oxygen atoms in total. The van der Waals surface area contributed by atoms with Crippen LogP contribution in [-0.2, 0) is 16.6 Å². The number of amides is 1. The van der Waals surface area contributed by atoms with Crippen LogP contribution in [0.5, 0.6) is 5.75 Å². The normalized spacial score (nSPS) is 11.8. The number of esters is 1. The first-order chi connectivity index (χ1) is 15.6. The first kappa shape index (κ1) is 25.1. The van der Waals surface area contributed by atoms with Crippen LogP contribution in [-0.4, -0.2) is 39.5 Å². The summed E-state index contributed by atoms with van der Waals surface area (Å²) in [5, 5.41) is 13.0. The van der Waals surface area contributed by atoms with Gasteiger partial charge in [-0.15, -0.1) is 21.5 Å². The number of aryl methyl sites for hydroxylation is 2. The molecule has 3 rings (SSSR count). The Morgan fingerprint density at radius 1 is 1.27 bits per heavy atom. The first-order valence-electron chi connectivity index (χ1n) is 10.0. The highest BCUT2D eigenvalue weighted by molar-refractivity contribution is 7.99. The molecule has 0 aliphatic carbocycles. The van der Waals surface area contributed by atoms with Gasteiger partial charge in [-0.25, -0.2) is 4.79 Å². The second-order valence-corrected chi connectivity index (χ2v) is 9.96. The van der Waals surface area contributed by atoms with E-state index >= 15 is 0 Å². The molecule has 0 aliphatic rings. The molecule has 0 saturated heterocycles. The molecule has 1 N–H and O–H groups in total. The van der Waals surface area contributed by atoms with Crippen molar-refractivity contribution in [1.82, 2.24) is 14.8 Å². The summed E-state index contributed by atoms with van der Waals surface area (Å²) in [7, 11) is 3.14. The van der Waals surface area contributed by atoms with Crippen LogP contribution in [0.3, 0.4) is 0 Å². The SMILES string of the molecule is COC(=O)c1c(NC(=O)CSc2nnc(C(C)Oc3ccc(Cl)c(C)c3)n2C)sc(C)c1C. The van der Waals surface area contributed by atoms with Gasteiger partial charge in [-0.1, -0.05) is 23.4 Å². The maximum atomic E-state index is 12.6. The highest BCUT2D eigenvalue weighted by atomic mass is 35.5. The number of nitrogens with one attached hydrogen (secondary N) is 1. The molecule has 0 fully saturated rings. The molecule has 1 atom stereocenters. The van der Waals surface area contributed by atoms with Crippen LogP contribution < -0.4 is 10.1 Å². The number of thiophene rings is 1. The van der Waals surface area contributed by atoms with Gasteiger partial charge in [-0.05, 0) is 57.0 Å². The molecule has 0 bridgehead atoms. The largest absolute Gasteiger partial charge is 0.483 e. The van der Waals surface area contributed by atoms with Gasteiger partial charge in [-0.3, -0.25) is 4.79 Å². The molecule has 1 aromatic carbocycles. The molecular formula is C22H25ClN4O4S2. The first-order valence-corrected chi connectivity index (χ1v) is 12.2. The van der Waals surface area contributed by atoms with Gasteiger partial charge >= 0.3 is 5.97 Å². The minimum absolute atomic E-state index is 0.105. The lowest BCUT2D eigenvalue weighted by Crippen LogP contribution is -2.16. The number of methoxy groups -OCH3 is 1. The zero-order valence-corrected chi connectivity index (χ0v) is 21.6. The van der Waals surface area contributed by atoms with Gasteiger partial charge in [0.25, 0.3) is 0 Å². The van der Waals surface area contributed by atoms with Crippen molar-refractivity contribution in [3.05, 3.63) is 50.6 Å². The summed E-state index contributed by atoms with van der Waals surface area (Å²) in [4.78, 5) is 25.6. The number of nitrogens with zero attached hydrogens (tertiary/aromatic N) is 3. The van der Waals surface area contributed by atoms with Crippen LogP contribution in [0.4, 0.5) is 5.00 Å². The summed E-state index contributed by atoms with van der Waals surface area (Å²) in [5.41, 5.74) is 2.12. The second kappa shape index (κ2) is 10.6. The van der Waals surface area contributed by atoms with E-state index in [1.165, 1.54) is 30.2 Å². The van der Waals surface area contributed by atoms with Gasteiger partial charge in [-0.2, -0.15) is 0 Å². The summed E-state index contributed by atoms with van der Waals surface area (Å²) in [6.45, 7) is 7.52. The molecule has 0 saturated carbocycles. The minimum Gasteiger partial charge on any atom is -0.483 e. The van der Waals surface area contributed by atoms with Crippen molar-refractivity contribution in [1.29, 1.82) is 0 Å². The van der Waals surface area contributed by atoms with Crippen molar-refractivity contribution in [3.8, 4) is 5.75 Å². The number of benzene rings is 1. The number of aromatic nitrogens is 3. The average molecular weight is 509 g/mol. The van der Waals surface area contributed by atoms with Crippen LogP contribution >= 0.6 is 34.7 Å². The lowest BCUT2D eigenvalue weighted by atomic mass is 10.1. The predicted octanol–water partition coefficient (Wildman–Crippen LogP) is 5.11. The third-order valence-corrected chi connectivity index (χ3v) is 7.60. The van der Waals surface area contributed by atoms with Crippen LogP contribution in [0, 0.1) is 20.8 Å². The van der Waals surface area contributed by atoms with E-state index in [4.69, 9.17) is 21.1 Å². The van der Waals surface area contributed by atoms with E-state index in [9.17, 15) is 9.59 Å². The molecule has 0 aliphatic heterocycles. The van der Waals surface area contributed by atoms with E-state index in [-0.39, 0.29) is 17.8 Å². The summed E-state index contributed by atoms with van der Waals surface area (Å²) in [6, 6.07) is 5.46. The number of rotatable bonds is 8. The van der Waals surface area contributed by atoms with E-state index in [2.05, 4.69) is 15.5 Å². The van der Waals surface area contributed by atoms with E-state index in [0.717, 1.165) is 16.0 Å². The summed E-state index contributed by atoms with van der Waals surface area (Å²) >= 11 is 8.67. The Morgan fingerprint density at radius 2 is 2.00 bits per heavy atom. The van der Waals surface area contributed by atoms with Crippen molar-refractivity contribution >= 4 is 51.6 Å². The quantitative estimate of drug-likeness (QED) is 0.333. The molecule has 33 heavy (non-hydrogen) atoms. The zero-order valence-electron chi connectivity index (χ0n) is 19.2. The third kappa shape index (κ3) is 5.69. The van der Waals surface area contributed by atoms with Crippen LogP contribution in [0.15, 0.2) is 23.4 Å². The Hall–Kier alpha value is -2.56. The fraction of sp³-hybridized carbons (Fsp3) is 0.364. The molecule has 0 spiro atoms. The van der Waals surface area contributed by atoms with Crippen molar-refractivity contribution in [2.45, 2.75) is 39.0 Å². The maximum absolute atomic E-state index is 12.6. The maximum Gasteiger partial charge on any atom is 0.341 e. The van der Waals surface area contributed by atoms with Gasteiger partial charge in [0, 0.05) is 16.9 Å². The molecule has 2 aromatic heterocycles. The molecule has 3 aromatic rings. The monoisotopic (exact) mass is 508 g/mol. The van der Waals surface area contributed by atoms with Crippen molar-refractivity contribution in [3.63, 3.8) is 0 Å². The highest BCUT2D eigenvalue weighted by Crippen LogP contribution is 2.33. The lowest BCUT2D eigenvalue weighted by molar-refractivity contribution is -0.113. The summed E-state index contributed by atoms with van der Waals surface area (Å²) < 4.78 is 12.6. The van der Waals surface area contributed by atoms with Gasteiger partial charge in [0.2, 0.25) is 5.91 Å². The number of carbonyl (C=O) groups excluding carboxylic acids is 2. The van der Waals surface area contributed by atoms with E-state index < -0.39 is 5.97 Å². The van der Waals surface area contributed by atoms with Crippen LogP contribution in [0.1, 0.15) is 45.2 Å². The van der Waals surface area contributed by atoms with E-state index in [1.54, 1.807) is 16.7 Å². The van der Waals surface area contributed by atoms with Gasteiger partial charge in [0.1, 0.15) is 10.8 Å². The zero-order chi connectivity index (χ0) is 24.3. The lowest BCUT2D eigenvalue weighted by Gasteiger charge is -2.15. The number of hydrogen-bond donors (Lipinski definition) is 1. The highest BCUT2D eigenvalue weighted by Gasteiger charge is 2.22. The predicted molar refractivity (Wildman–Crippen MR) is 131 cm³/mol. The third-order valence-electron chi connectivity index (χ3n) is 5.03. The topological polar surface area (TPSA) is 95.3 Å². The minimum atomic E-state index is -0.470. The Labute approximate surface area is 205 Å². The Balaban J connectivity index is 1.64. The Bertz CT molecular complexity index is 1190. The van der Waals surface area contributed by atoms with Crippen LogP contribution in [0.25, 0.3) is 0 Å². The molecule has 2 heterocycles. The molecule has 176 valence electrons. The molecule has 11 heteroatoms. The number of hydrogen-bond acceptors (Lipinski definition) is 8. The molecule has 1 amide bonds. The number of anilines is 1. The Morgan fingerprint density at radius 3 is 2.67 bits per heavy atom. The molecule has 0 radical (unpaired) electrons. The summed E-state index contributed by atoms with van der Waals surface area (Å²) in [5.74, 6) is 0.695. The van der Waals surface area contributed by atoms with Gasteiger partial charge < -0.3 is 19.4 Å². The van der Waals surface area contributed by atoms with Gasteiger partial charge in [0.05, 0.1) is 18.4 Å². The van der Waals surface area contributed by atoms with Crippen molar-refractivity contribution in [2.75, 3.05) is 18.2 Å². The average Bonchev–Trinajstić information content (AvgIpc) is 3.27. The fourth-order valence-corrected chi connectivity index (χ4v) is 5.01. The van der Waals surface area contributed by atoms with Crippen LogP contribution in [0.2, 0.25) is 5.02 Å². The standard InChI is InChI=1S/C22H25ClN4O4S2/c1-11-9-15(7-8-16(11)23)31-13(3)19-25-26-22(27(19)5)32-10-17(28)24-20-18(21(29)30-6)12(2)14(4)33-20/h7-9,13H,10H2,1-6H3,(H,24,28). The number of carbonyl (C=O) groups is 2. The summed E-state index contributed by atoms with van der Waals surface area (Å²) in [6.07, 6.45) is -0.356. The number of halogens is 1. The Kier molecular flexibility index (Phi) is 8.04. The number of ether oxygens (including phenoxy) is 2. The second-order valence-electron chi connectivity index (χ2n) is 7.39. The van der Waals surface area contributed by atoms with Gasteiger partial charge in [0.15, 0.2) is 17.1 Å². The fourth-order valence-electron chi connectivity index (χ4n) is 3.11. The molecule has 1 unspecified atom stereocenters. The van der Waals surface area contributed by atoms with E-state index in [0.29, 0.717) is 32.3 Å². The smallest absolute Gasteiger partial charge is 0.341 e. The van der Waals surface area contributed by atoms with Crippen molar-refractivity contribution in [2.24, 2.45) is 7.05 Å². The molecular weight excluding hydrogens is 484 g/mol. The van der Waals surface area contributed by atoms with Crippen molar-refractivity contribution < 1.29 is 19.1 Å². The van der Waals surface area contributed by atoms with E-state index in [1.807, 2.05) is 40.8 Å². The number of thioether (sulfide) groups is 1.